The van der Waals surface area contributed by atoms with Crippen LogP contribution in [0.4, 0.5) is 5.69 Å². The number of rotatable bonds is 9. The summed E-state index contributed by atoms with van der Waals surface area (Å²) in [7, 11) is 0. The number of amides is 2. The standard InChI is InChI=1S/C22H24N2O4S/c1-15(2)12-18(20-9-5-11-29-20)24-21(25)14-28-17-7-3-6-16(13-17)23-22(26)19-8-4-10-27-19/h3-11,13,15,18H,12,14H2,1-2H3,(H,23,26)(H,24,25). The van der Waals surface area contributed by atoms with Crippen molar-refractivity contribution < 1.29 is 18.7 Å². The molecule has 3 rings (SSSR count). The minimum absolute atomic E-state index is 0.0231. The highest BCUT2D eigenvalue weighted by molar-refractivity contribution is 7.10. The van der Waals surface area contributed by atoms with Crippen LogP contribution in [0.1, 0.15) is 41.7 Å². The quantitative estimate of drug-likeness (QED) is 0.525. The predicted molar refractivity (Wildman–Crippen MR) is 113 cm³/mol. The van der Waals surface area contributed by atoms with E-state index in [4.69, 9.17) is 9.15 Å². The predicted octanol–water partition coefficient (Wildman–Crippen LogP) is 4.88. The Hall–Kier alpha value is -3.06. The third kappa shape index (κ3) is 6.22. The van der Waals surface area contributed by atoms with Crippen LogP contribution in [-0.4, -0.2) is 18.4 Å². The number of hydrogen-bond acceptors (Lipinski definition) is 5. The van der Waals surface area contributed by atoms with E-state index in [0.29, 0.717) is 17.4 Å². The van der Waals surface area contributed by atoms with Crippen molar-refractivity contribution in [3.63, 3.8) is 0 Å². The lowest BCUT2D eigenvalue weighted by Gasteiger charge is -2.19. The van der Waals surface area contributed by atoms with Gasteiger partial charge in [-0.25, -0.2) is 0 Å². The van der Waals surface area contributed by atoms with Crippen LogP contribution < -0.4 is 15.4 Å². The lowest BCUT2D eigenvalue weighted by atomic mass is 10.0. The summed E-state index contributed by atoms with van der Waals surface area (Å²) >= 11 is 1.63. The molecule has 2 N–H and O–H groups in total. The molecule has 0 bridgehead atoms. The minimum atomic E-state index is -0.350. The van der Waals surface area contributed by atoms with E-state index in [2.05, 4.69) is 24.5 Å². The van der Waals surface area contributed by atoms with Crippen molar-refractivity contribution in [1.29, 1.82) is 0 Å². The summed E-state index contributed by atoms with van der Waals surface area (Å²) in [5, 5.41) is 7.79. The molecule has 2 aromatic heterocycles. The van der Waals surface area contributed by atoms with Gasteiger partial charge in [0, 0.05) is 16.6 Å². The molecule has 0 fully saturated rings. The molecule has 29 heavy (non-hydrogen) atoms. The molecule has 0 radical (unpaired) electrons. The molecular weight excluding hydrogens is 388 g/mol. The van der Waals surface area contributed by atoms with Gasteiger partial charge in [-0.2, -0.15) is 0 Å². The smallest absolute Gasteiger partial charge is 0.291 e. The lowest BCUT2D eigenvalue weighted by Crippen LogP contribution is -2.33. The number of hydrogen-bond donors (Lipinski definition) is 2. The molecule has 0 saturated heterocycles. The molecule has 0 aliphatic carbocycles. The van der Waals surface area contributed by atoms with E-state index in [-0.39, 0.29) is 30.2 Å². The molecule has 152 valence electrons. The van der Waals surface area contributed by atoms with Crippen LogP contribution in [0.5, 0.6) is 5.75 Å². The van der Waals surface area contributed by atoms with Crippen LogP contribution >= 0.6 is 11.3 Å². The van der Waals surface area contributed by atoms with Crippen molar-refractivity contribution in [2.45, 2.75) is 26.3 Å². The molecule has 1 aromatic carbocycles. The first-order valence-electron chi connectivity index (χ1n) is 9.41. The second-order valence-corrected chi connectivity index (χ2v) is 7.99. The maximum atomic E-state index is 12.4. The normalized spacial score (nSPS) is 11.8. The molecule has 6 nitrogen and oxygen atoms in total. The summed E-state index contributed by atoms with van der Waals surface area (Å²) in [6.45, 7) is 4.16. The van der Waals surface area contributed by atoms with E-state index in [1.165, 1.54) is 6.26 Å². The van der Waals surface area contributed by atoms with Gasteiger partial charge >= 0.3 is 0 Å². The summed E-state index contributed by atoms with van der Waals surface area (Å²) < 4.78 is 10.7. The van der Waals surface area contributed by atoms with Gasteiger partial charge in [0.1, 0.15) is 5.75 Å². The van der Waals surface area contributed by atoms with Crippen molar-refractivity contribution in [2.75, 3.05) is 11.9 Å². The van der Waals surface area contributed by atoms with E-state index in [1.54, 1.807) is 47.7 Å². The SMILES string of the molecule is CC(C)CC(NC(=O)COc1cccc(NC(=O)c2ccco2)c1)c1cccs1. The summed E-state index contributed by atoms with van der Waals surface area (Å²) in [5.74, 6) is 0.638. The molecule has 0 saturated carbocycles. The van der Waals surface area contributed by atoms with E-state index in [1.807, 2.05) is 17.5 Å². The number of furan rings is 1. The maximum absolute atomic E-state index is 12.4. The van der Waals surface area contributed by atoms with E-state index in [9.17, 15) is 9.59 Å². The van der Waals surface area contributed by atoms with Gasteiger partial charge in [-0.3, -0.25) is 9.59 Å². The number of ether oxygens (including phenoxy) is 1. The molecular formula is C22H24N2O4S. The van der Waals surface area contributed by atoms with Gasteiger partial charge in [0.05, 0.1) is 12.3 Å². The number of anilines is 1. The second kappa shape index (κ2) is 9.93. The van der Waals surface area contributed by atoms with Crippen LogP contribution in [-0.2, 0) is 4.79 Å². The number of carbonyl (C=O) groups excluding carboxylic acids is 2. The first-order valence-corrected chi connectivity index (χ1v) is 10.3. The molecule has 2 amide bonds. The Morgan fingerprint density at radius 2 is 2.00 bits per heavy atom. The van der Waals surface area contributed by atoms with Gasteiger partial charge in [-0.05, 0) is 48.1 Å². The third-order valence-corrected chi connectivity index (χ3v) is 5.12. The Bertz CT molecular complexity index is 920. The van der Waals surface area contributed by atoms with Crippen molar-refractivity contribution in [2.24, 2.45) is 5.92 Å². The van der Waals surface area contributed by atoms with E-state index < -0.39 is 0 Å². The van der Waals surface area contributed by atoms with Crippen LogP contribution in [0, 0.1) is 5.92 Å². The average Bonchev–Trinajstić information content (AvgIpc) is 3.39. The van der Waals surface area contributed by atoms with E-state index in [0.717, 1.165) is 11.3 Å². The zero-order valence-electron chi connectivity index (χ0n) is 16.4. The van der Waals surface area contributed by atoms with Crippen LogP contribution in [0.2, 0.25) is 0 Å². The Morgan fingerprint density at radius 3 is 2.69 bits per heavy atom. The fourth-order valence-corrected chi connectivity index (χ4v) is 3.65. The van der Waals surface area contributed by atoms with Gasteiger partial charge in [0.25, 0.3) is 11.8 Å². The fraction of sp³-hybridized carbons (Fsp3) is 0.273. The Labute approximate surface area is 173 Å². The molecule has 0 aliphatic rings. The number of thiophene rings is 1. The molecule has 1 unspecified atom stereocenters. The minimum Gasteiger partial charge on any atom is -0.484 e. The van der Waals surface area contributed by atoms with E-state index >= 15 is 0 Å². The first-order chi connectivity index (χ1) is 14.0. The van der Waals surface area contributed by atoms with Crippen molar-refractivity contribution >= 4 is 28.8 Å². The van der Waals surface area contributed by atoms with Crippen LogP contribution in [0.3, 0.4) is 0 Å². The molecule has 2 heterocycles. The first kappa shape index (κ1) is 20.7. The van der Waals surface area contributed by atoms with Gasteiger partial charge in [-0.1, -0.05) is 26.0 Å². The largest absolute Gasteiger partial charge is 0.484 e. The molecule has 7 heteroatoms. The Kier molecular flexibility index (Phi) is 7.08. The summed E-state index contributed by atoms with van der Waals surface area (Å²) in [6, 6.07) is 14.1. The van der Waals surface area contributed by atoms with Gasteiger partial charge in [-0.15, -0.1) is 11.3 Å². The van der Waals surface area contributed by atoms with Crippen molar-refractivity contribution in [1.82, 2.24) is 5.32 Å². The highest BCUT2D eigenvalue weighted by Crippen LogP contribution is 2.25. The molecule has 1 atom stereocenters. The molecule has 3 aromatic rings. The van der Waals surface area contributed by atoms with Gasteiger partial charge in [0.15, 0.2) is 12.4 Å². The molecule has 0 aliphatic heterocycles. The van der Waals surface area contributed by atoms with Crippen molar-refractivity contribution in [3.05, 3.63) is 70.8 Å². The Morgan fingerprint density at radius 1 is 1.14 bits per heavy atom. The van der Waals surface area contributed by atoms with Crippen molar-refractivity contribution in [3.8, 4) is 5.75 Å². The average molecular weight is 413 g/mol. The number of benzene rings is 1. The summed E-state index contributed by atoms with van der Waals surface area (Å²) in [4.78, 5) is 25.6. The number of carbonyl (C=O) groups is 2. The lowest BCUT2D eigenvalue weighted by molar-refractivity contribution is -0.123. The summed E-state index contributed by atoms with van der Waals surface area (Å²) in [5.41, 5.74) is 0.556. The van der Waals surface area contributed by atoms with Crippen LogP contribution in [0.25, 0.3) is 0 Å². The highest BCUT2D eigenvalue weighted by atomic mass is 32.1. The monoisotopic (exact) mass is 412 g/mol. The zero-order chi connectivity index (χ0) is 20.6. The highest BCUT2D eigenvalue weighted by Gasteiger charge is 2.17. The summed E-state index contributed by atoms with van der Waals surface area (Å²) in [6.07, 6.45) is 2.30. The third-order valence-electron chi connectivity index (χ3n) is 4.14. The second-order valence-electron chi connectivity index (χ2n) is 7.01. The Balaban J connectivity index is 1.55. The number of nitrogens with one attached hydrogen (secondary N) is 2. The fourth-order valence-electron chi connectivity index (χ4n) is 2.86. The van der Waals surface area contributed by atoms with Crippen LogP contribution in [0.15, 0.2) is 64.6 Å². The maximum Gasteiger partial charge on any atom is 0.291 e. The van der Waals surface area contributed by atoms with Gasteiger partial charge < -0.3 is 19.8 Å². The molecule has 0 spiro atoms. The zero-order valence-corrected chi connectivity index (χ0v) is 17.2. The van der Waals surface area contributed by atoms with Gasteiger partial charge in [0.2, 0.25) is 0 Å². The topological polar surface area (TPSA) is 80.6 Å².